The van der Waals surface area contributed by atoms with Gasteiger partial charge in [0.25, 0.3) is 5.91 Å². The zero-order chi connectivity index (χ0) is 33.5. The molecule has 3 aromatic carbocycles. The van der Waals surface area contributed by atoms with Crippen LogP contribution in [0.1, 0.15) is 49.8 Å². The highest BCUT2D eigenvalue weighted by Crippen LogP contribution is 2.60. The Morgan fingerprint density at radius 2 is 1.57 bits per heavy atom. The topological polar surface area (TPSA) is 119 Å². The Labute approximate surface area is 285 Å². The quantitative estimate of drug-likeness (QED) is 0.147. The first-order chi connectivity index (χ1) is 23.8. The molecule has 0 atom stereocenters. The molecule has 5 aromatic rings. The van der Waals surface area contributed by atoms with Gasteiger partial charge >= 0.3 is 6.03 Å². The van der Waals surface area contributed by atoms with E-state index in [0.717, 1.165) is 39.9 Å². The van der Waals surface area contributed by atoms with Crippen molar-refractivity contribution in [2.24, 2.45) is 17.8 Å². The molecule has 2 aromatic heterocycles. The van der Waals surface area contributed by atoms with Gasteiger partial charge in [0.2, 0.25) is 0 Å². The molecule has 4 aliphatic rings. The highest BCUT2D eigenvalue weighted by molar-refractivity contribution is 6.07. The number of pyridine rings is 1. The van der Waals surface area contributed by atoms with Gasteiger partial charge in [-0.1, -0.05) is 42.0 Å². The highest BCUT2D eigenvalue weighted by atomic mass is 16.5. The lowest BCUT2D eigenvalue weighted by molar-refractivity contribution is -0.119. The summed E-state index contributed by atoms with van der Waals surface area (Å²) in [7, 11) is 1.46. The molecule has 3 N–H and O–H groups in total. The molecule has 49 heavy (non-hydrogen) atoms. The number of ether oxygens (including phenoxy) is 2. The monoisotopic (exact) mass is 656 g/mol. The molecule has 0 spiro atoms. The third kappa shape index (κ3) is 6.24. The van der Waals surface area contributed by atoms with Crippen molar-refractivity contribution in [2.45, 2.75) is 50.9 Å². The zero-order valence-electron chi connectivity index (χ0n) is 27.7. The van der Waals surface area contributed by atoms with Gasteiger partial charge < -0.3 is 20.1 Å². The SMILES string of the molecule is COCC(=O)Nc1cc(Oc2ccc(NC(=O)Nc3cc(C45CC6CC(CC(C6)C4)C5)nn3-c3ccc(C)cc3)c3ccccc23)ccn1. The van der Waals surface area contributed by atoms with E-state index in [4.69, 9.17) is 14.6 Å². The fourth-order valence-electron chi connectivity index (χ4n) is 8.76. The van der Waals surface area contributed by atoms with Crippen LogP contribution < -0.4 is 20.7 Å². The number of urea groups is 1. The van der Waals surface area contributed by atoms with Crippen LogP contribution >= 0.6 is 0 Å². The lowest BCUT2D eigenvalue weighted by Gasteiger charge is -2.56. The second kappa shape index (κ2) is 12.7. The number of rotatable bonds is 9. The molecule has 3 amide bonds. The van der Waals surface area contributed by atoms with Crippen LogP contribution in [-0.4, -0.2) is 40.4 Å². The molecule has 4 fully saturated rings. The van der Waals surface area contributed by atoms with E-state index in [0.29, 0.717) is 28.8 Å². The second-order valence-corrected chi connectivity index (χ2v) is 14.1. The number of nitrogens with one attached hydrogen (secondary N) is 3. The Balaban J connectivity index is 1.05. The molecule has 4 bridgehead atoms. The van der Waals surface area contributed by atoms with Gasteiger partial charge in [0.1, 0.15) is 29.7 Å². The predicted octanol–water partition coefficient (Wildman–Crippen LogP) is 8.22. The summed E-state index contributed by atoms with van der Waals surface area (Å²) in [4.78, 5) is 29.9. The summed E-state index contributed by atoms with van der Waals surface area (Å²) in [5, 5.41) is 15.8. The molecule has 250 valence electrons. The summed E-state index contributed by atoms with van der Waals surface area (Å²) < 4.78 is 13.0. The van der Waals surface area contributed by atoms with E-state index in [9.17, 15) is 9.59 Å². The van der Waals surface area contributed by atoms with Crippen molar-refractivity contribution in [1.29, 1.82) is 0 Å². The fourth-order valence-corrected chi connectivity index (χ4v) is 8.76. The van der Waals surface area contributed by atoms with Gasteiger partial charge in [0, 0.05) is 41.6 Å². The first-order valence-electron chi connectivity index (χ1n) is 17.0. The molecule has 10 heteroatoms. The van der Waals surface area contributed by atoms with Gasteiger partial charge in [-0.2, -0.15) is 5.10 Å². The molecule has 10 nitrogen and oxygen atoms in total. The number of nitrogens with zero attached hydrogens (tertiary/aromatic N) is 3. The van der Waals surface area contributed by atoms with Crippen molar-refractivity contribution >= 4 is 40.0 Å². The summed E-state index contributed by atoms with van der Waals surface area (Å²) in [6.45, 7) is 2.00. The number of hydrogen-bond donors (Lipinski definition) is 3. The lowest BCUT2D eigenvalue weighted by Crippen LogP contribution is -2.48. The lowest BCUT2D eigenvalue weighted by atomic mass is 9.49. The van der Waals surface area contributed by atoms with Crippen molar-refractivity contribution in [1.82, 2.24) is 14.8 Å². The third-order valence-corrected chi connectivity index (χ3v) is 10.4. The minimum Gasteiger partial charge on any atom is -0.457 e. The standard InChI is InChI=1S/C39H40N6O4/c1-24-7-9-28(10-8-24)45-36(19-34(44-45)39-20-25-15-26(21-39)17-27(16-25)22-39)43-38(47)41-32-11-12-33(31-6-4-3-5-30(31)32)49-29-13-14-40-35(18-29)42-37(46)23-48-2/h3-14,18-19,25-27H,15-17,20-23H2,1-2H3,(H,40,42,46)(H2,41,43,47). The Hall–Kier alpha value is -5.22. The third-order valence-electron chi connectivity index (χ3n) is 10.4. The summed E-state index contributed by atoms with van der Waals surface area (Å²) in [5.74, 6) is 4.18. The van der Waals surface area contributed by atoms with E-state index in [-0.39, 0.29) is 24.0 Å². The summed E-state index contributed by atoms with van der Waals surface area (Å²) in [6.07, 6.45) is 9.23. The smallest absolute Gasteiger partial charge is 0.324 e. The first kappa shape index (κ1) is 31.1. The fraction of sp³-hybridized carbons (Fsp3) is 0.333. The normalized spacial score (nSPS) is 22.2. The molecule has 0 saturated heterocycles. The van der Waals surface area contributed by atoms with Crippen LogP contribution in [0.2, 0.25) is 0 Å². The molecule has 9 rings (SSSR count). The number of hydrogen-bond acceptors (Lipinski definition) is 6. The van der Waals surface area contributed by atoms with Gasteiger partial charge in [0.05, 0.1) is 17.1 Å². The number of methoxy groups -OCH3 is 1. The van der Waals surface area contributed by atoms with Gasteiger partial charge in [-0.15, -0.1) is 0 Å². The minimum atomic E-state index is -0.352. The van der Waals surface area contributed by atoms with E-state index >= 15 is 0 Å². The van der Waals surface area contributed by atoms with E-state index in [1.54, 1.807) is 18.3 Å². The maximum absolute atomic E-state index is 13.7. The van der Waals surface area contributed by atoms with Crippen molar-refractivity contribution in [3.8, 4) is 17.2 Å². The number of aryl methyl sites for hydroxylation is 1. The molecule has 0 unspecified atom stereocenters. The maximum atomic E-state index is 13.7. The van der Waals surface area contributed by atoms with Crippen LogP contribution in [0.15, 0.2) is 85.1 Å². The molecule has 4 saturated carbocycles. The Bertz CT molecular complexity index is 2000. The number of fused-ring (bicyclic) bond motifs is 1. The van der Waals surface area contributed by atoms with Crippen LogP contribution in [0.25, 0.3) is 16.5 Å². The van der Waals surface area contributed by atoms with Crippen LogP contribution in [-0.2, 0) is 14.9 Å². The number of carbonyl (C=O) groups excluding carboxylic acids is 2. The van der Waals surface area contributed by atoms with Gasteiger partial charge in [-0.05, 0) is 93.5 Å². The zero-order valence-corrected chi connectivity index (χ0v) is 27.7. The average Bonchev–Trinajstić information content (AvgIpc) is 3.50. The average molecular weight is 657 g/mol. The second-order valence-electron chi connectivity index (χ2n) is 14.1. The van der Waals surface area contributed by atoms with Crippen molar-refractivity contribution < 1.29 is 19.1 Å². The Kier molecular flexibility index (Phi) is 8.03. The van der Waals surface area contributed by atoms with Gasteiger partial charge in [-0.3, -0.25) is 10.1 Å². The highest BCUT2D eigenvalue weighted by Gasteiger charge is 2.53. The predicted molar refractivity (Wildman–Crippen MR) is 190 cm³/mol. The Morgan fingerprint density at radius 3 is 2.29 bits per heavy atom. The molecule has 2 heterocycles. The molecule has 0 radical (unpaired) electrons. The van der Waals surface area contributed by atoms with Crippen molar-refractivity contribution in [3.05, 3.63) is 96.3 Å². The van der Waals surface area contributed by atoms with Crippen LogP contribution in [0, 0.1) is 24.7 Å². The maximum Gasteiger partial charge on any atom is 0.324 e. The number of aromatic nitrogens is 3. The largest absolute Gasteiger partial charge is 0.457 e. The van der Waals surface area contributed by atoms with Gasteiger partial charge in [-0.25, -0.2) is 14.5 Å². The summed E-state index contributed by atoms with van der Waals surface area (Å²) in [5.41, 5.74) is 3.93. The van der Waals surface area contributed by atoms with Gasteiger partial charge in [0.15, 0.2) is 0 Å². The van der Waals surface area contributed by atoms with E-state index in [2.05, 4.69) is 58.2 Å². The number of benzene rings is 3. The van der Waals surface area contributed by atoms with Crippen LogP contribution in [0.4, 0.5) is 22.1 Å². The first-order valence-corrected chi connectivity index (χ1v) is 17.0. The van der Waals surface area contributed by atoms with E-state index in [1.807, 2.05) is 41.1 Å². The van der Waals surface area contributed by atoms with E-state index < -0.39 is 0 Å². The van der Waals surface area contributed by atoms with Crippen LogP contribution in [0.5, 0.6) is 11.5 Å². The number of carbonyl (C=O) groups is 2. The van der Waals surface area contributed by atoms with Crippen molar-refractivity contribution in [2.75, 3.05) is 29.7 Å². The molecule has 4 aliphatic carbocycles. The number of anilines is 3. The van der Waals surface area contributed by atoms with Crippen LogP contribution in [0.3, 0.4) is 0 Å². The number of amides is 3. The summed E-state index contributed by atoms with van der Waals surface area (Å²) >= 11 is 0. The van der Waals surface area contributed by atoms with Crippen molar-refractivity contribution in [3.63, 3.8) is 0 Å². The minimum absolute atomic E-state index is 0.0725. The molecular formula is C39H40N6O4. The molecular weight excluding hydrogens is 616 g/mol. The van der Waals surface area contributed by atoms with E-state index in [1.165, 1.54) is 51.2 Å². The summed E-state index contributed by atoms with van der Waals surface area (Å²) in [6, 6.07) is 24.8. The Morgan fingerprint density at radius 1 is 0.857 bits per heavy atom. The molecule has 0 aliphatic heterocycles.